The Morgan fingerprint density at radius 2 is 1.30 bits per heavy atom. The van der Waals surface area contributed by atoms with Crippen LogP contribution in [0.1, 0.15) is 112 Å². The van der Waals surface area contributed by atoms with E-state index in [-0.39, 0.29) is 34.8 Å². The number of likely N-dealkylation sites (tertiary alicyclic amines) is 2. The quantitative estimate of drug-likeness (QED) is 0.153. The molecule has 10 nitrogen and oxygen atoms in total. The molecule has 2 aliphatic heterocycles. The van der Waals surface area contributed by atoms with Crippen LogP contribution < -0.4 is 21.4 Å². The van der Waals surface area contributed by atoms with Gasteiger partial charge in [0.15, 0.2) is 0 Å². The number of nitrogens with one attached hydrogen (secondary N) is 1. The third-order valence-corrected chi connectivity index (χ3v) is 18.5. The van der Waals surface area contributed by atoms with E-state index in [1.165, 1.54) is 55.3 Å². The molecule has 2 saturated heterocycles. The van der Waals surface area contributed by atoms with Crippen molar-refractivity contribution in [3.63, 3.8) is 0 Å². The Morgan fingerprint density at radius 3 is 1.89 bits per heavy atom. The molecule has 3 aromatic carbocycles. The van der Waals surface area contributed by atoms with E-state index in [2.05, 4.69) is 91.7 Å². The molecule has 2 amide bonds. The first-order valence-electron chi connectivity index (χ1n) is 23.2. The monoisotopic (exact) mass is 850 g/mol. The maximum absolute atomic E-state index is 15.0. The Labute approximate surface area is 365 Å². The minimum Gasteiger partial charge on any atom is -0.444 e. The molecule has 330 valence electrons. The number of benzene rings is 3. The van der Waals surface area contributed by atoms with E-state index in [1.807, 2.05) is 54.2 Å². The maximum atomic E-state index is 15.0. The van der Waals surface area contributed by atoms with Gasteiger partial charge in [-0.1, -0.05) is 126 Å². The number of ether oxygens (including phenoxy) is 1. The molecule has 2 atom stereocenters. The largest absolute Gasteiger partial charge is 0.444 e. The maximum Gasteiger partial charge on any atom is 0.410 e. The fourth-order valence-corrected chi connectivity index (χ4v) is 15.0. The van der Waals surface area contributed by atoms with Gasteiger partial charge in [-0.3, -0.25) is 13.9 Å². The molecule has 1 N–H and O–H groups in total. The highest BCUT2D eigenvalue weighted by Crippen LogP contribution is 2.37. The normalized spacial score (nSPS) is 20.6. The Bertz CT molecular complexity index is 2070. The molecule has 7 rings (SSSR count). The van der Waals surface area contributed by atoms with E-state index >= 15 is 0 Å². The summed E-state index contributed by atoms with van der Waals surface area (Å²) in [6.07, 6.45) is 10.8. The van der Waals surface area contributed by atoms with Crippen molar-refractivity contribution >= 4 is 41.7 Å². The van der Waals surface area contributed by atoms with Gasteiger partial charge in [0.1, 0.15) is 5.60 Å². The number of hydrogen-bond acceptors (Lipinski definition) is 6. The Balaban J connectivity index is 1.15. The van der Waals surface area contributed by atoms with E-state index in [0.29, 0.717) is 58.0 Å². The van der Waals surface area contributed by atoms with Gasteiger partial charge in [-0.05, 0) is 86.3 Å². The summed E-state index contributed by atoms with van der Waals surface area (Å²) in [5.41, 5.74) is 1.08. The predicted molar refractivity (Wildman–Crippen MR) is 248 cm³/mol. The van der Waals surface area contributed by atoms with Crippen molar-refractivity contribution in [2.45, 2.75) is 135 Å². The molecule has 11 heteroatoms. The van der Waals surface area contributed by atoms with Gasteiger partial charge in [-0.25, -0.2) is 9.59 Å². The van der Waals surface area contributed by atoms with E-state index in [1.54, 1.807) is 4.90 Å². The first kappa shape index (κ1) is 44.8. The second kappa shape index (κ2) is 19.5. The molecule has 3 fully saturated rings. The van der Waals surface area contributed by atoms with Crippen molar-refractivity contribution in [2.75, 3.05) is 39.3 Å². The highest BCUT2D eigenvalue weighted by molar-refractivity contribution is 6.99. The van der Waals surface area contributed by atoms with Crippen molar-refractivity contribution in [1.29, 1.82) is 0 Å². The molecule has 4 aromatic rings. The number of para-hydroxylation sites is 2. The number of imidazole rings is 1. The van der Waals surface area contributed by atoms with E-state index in [4.69, 9.17) is 9.16 Å². The minimum absolute atomic E-state index is 0.00170. The number of carbonyl (C=O) groups excluding carboxylic acids is 2. The van der Waals surface area contributed by atoms with E-state index in [9.17, 15) is 14.4 Å². The standard InChI is InChI=1S/C50H71N5O5Si/c1-49(2,3)60-48(58)53-32-28-39(29-33-53)51-46(56)42-37-52(36-38-20-12-8-7-9-13-21-38)31-30-43(42)55-45-27-19-18-26-44(45)54(47(55)57)34-35-59-61(50(4,5)6,40-22-14-10-15-23-40)41-24-16-11-17-25-41/h10-11,14-19,22-27,38-39,42-43H,7-9,12-13,20-21,28-37H2,1-6H3,(H,51,56)/t42-,43-/m0/s1. The number of aromatic nitrogens is 2. The van der Waals surface area contributed by atoms with Crippen LogP contribution >= 0.6 is 0 Å². The lowest BCUT2D eigenvalue weighted by Crippen LogP contribution is -2.66. The topological polar surface area (TPSA) is 98.0 Å². The third kappa shape index (κ3) is 10.4. The molecule has 3 aliphatic rings. The molecule has 1 aliphatic carbocycles. The third-order valence-electron chi connectivity index (χ3n) is 13.5. The van der Waals surface area contributed by atoms with Crippen molar-refractivity contribution < 1.29 is 18.8 Å². The molecule has 3 heterocycles. The molecule has 0 spiro atoms. The Hall–Kier alpha value is -4.19. The summed E-state index contributed by atoms with van der Waals surface area (Å²) in [5.74, 6) is 0.233. The molecule has 1 aromatic heterocycles. The average Bonchev–Trinajstić information content (AvgIpc) is 3.50. The van der Waals surface area contributed by atoms with Crippen molar-refractivity contribution in [1.82, 2.24) is 24.3 Å². The number of hydrogen-bond donors (Lipinski definition) is 1. The van der Waals surface area contributed by atoms with Gasteiger partial charge >= 0.3 is 11.8 Å². The number of amides is 2. The van der Waals surface area contributed by atoms with Crippen LogP contribution in [0.5, 0.6) is 0 Å². The van der Waals surface area contributed by atoms with Gasteiger partial charge in [-0.2, -0.15) is 0 Å². The van der Waals surface area contributed by atoms with Gasteiger partial charge < -0.3 is 24.3 Å². The van der Waals surface area contributed by atoms with E-state index < -0.39 is 19.8 Å². The van der Waals surface area contributed by atoms with Crippen LogP contribution in [0.15, 0.2) is 89.7 Å². The zero-order valence-electron chi connectivity index (χ0n) is 37.7. The zero-order valence-corrected chi connectivity index (χ0v) is 38.7. The van der Waals surface area contributed by atoms with Crippen LogP contribution in [0.2, 0.25) is 5.04 Å². The van der Waals surface area contributed by atoms with Gasteiger partial charge in [-0.15, -0.1) is 0 Å². The smallest absolute Gasteiger partial charge is 0.410 e. The summed E-state index contributed by atoms with van der Waals surface area (Å²) in [6, 6.07) is 29.0. The van der Waals surface area contributed by atoms with Crippen LogP contribution in [0, 0.1) is 11.8 Å². The summed E-state index contributed by atoms with van der Waals surface area (Å²) in [4.78, 5) is 46.8. The predicted octanol–water partition coefficient (Wildman–Crippen LogP) is 8.12. The molecule has 61 heavy (non-hydrogen) atoms. The molecule has 0 radical (unpaired) electrons. The van der Waals surface area contributed by atoms with Crippen LogP contribution in [-0.4, -0.2) is 90.2 Å². The fraction of sp³-hybridized carbons (Fsp3) is 0.580. The number of piperidine rings is 2. The van der Waals surface area contributed by atoms with Crippen LogP contribution in [0.3, 0.4) is 0 Å². The molecule has 1 saturated carbocycles. The van der Waals surface area contributed by atoms with Crippen LogP contribution in [0.4, 0.5) is 4.79 Å². The SMILES string of the molecule is CC(C)(C)OC(=O)N1CCC(NC(=O)[C@H]2CN(CC3CCCCCCC3)CC[C@@H]2n2c(=O)n(CCO[Si](c3ccccc3)(c3ccccc3)C(C)(C)C)c3ccccc32)CC1. The lowest BCUT2D eigenvalue weighted by molar-refractivity contribution is -0.129. The second-order valence-electron chi connectivity index (χ2n) is 20.0. The minimum atomic E-state index is -2.82. The zero-order chi connectivity index (χ0) is 43.2. The Morgan fingerprint density at radius 1 is 0.721 bits per heavy atom. The van der Waals surface area contributed by atoms with Crippen LogP contribution in [-0.2, 0) is 20.5 Å². The molecular formula is C50H71N5O5Si. The first-order chi connectivity index (χ1) is 29.2. The van der Waals surface area contributed by atoms with Crippen LogP contribution in [0.25, 0.3) is 11.0 Å². The highest BCUT2D eigenvalue weighted by atomic mass is 28.4. The van der Waals surface area contributed by atoms with Crippen molar-refractivity contribution in [3.8, 4) is 0 Å². The highest BCUT2D eigenvalue weighted by Gasteiger charge is 2.50. The Kier molecular flexibility index (Phi) is 14.3. The van der Waals surface area contributed by atoms with Gasteiger partial charge in [0.25, 0.3) is 8.32 Å². The van der Waals surface area contributed by atoms with Gasteiger partial charge in [0, 0.05) is 45.3 Å². The number of carbonyl (C=O) groups is 2. The lowest BCUT2D eigenvalue weighted by Gasteiger charge is -2.43. The van der Waals surface area contributed by atoms with Gasteiger partial charge in [0.2, 0.25) is 5.91 Å². The summed E-state index contributed by atoms with van der Waals surface area (Å²) in [5, 5.41) is 5.65. The molecule has 0 bridgehead atoms. The number of nitrogens with zero attached hydrogens (tertiary/aromatic N) is 4. The molecular weight excluding hydrogens is 779 g/mol. The number of rotatable bonds is 11. The first-order valence-corrected chi connectivity index (χ1v) is 25.1. The fourth-order valence-electron chi connectivity index (χ4n) is 10.5. The van der Waals surface area contributed by atoms with Crippen molar-refractivity contribution in [3.05, 3.63) is 95.4 Å². The second-order valence-corrected chi connectivity index (χ2v) is 24.3. The van der Waals surface area contributed by atoms with Gasteiger partial charge in [0.05, 0.1) is 29.6 Å². The summed E-state index contributed by atoms with van der Waals surface area (Å²) in [6.45, 7) is 16.8. The van der Waals surface area contributed by atoms with Crippen molar-refractivity contribution in [2.24, 2.45) is 11.8 Å². The van der Waals surface area contributed by atoms with E-state index in [0.717, 1.165) is 24.1 Å². The summed E-state index contributed by atoms with van der Waals surface area (Å²) >= 11 is 0. The lowest BCUT2D eigenvalue weighted by atomic mass is 9.87. The average molecular weight is 850 g/mol. The summed E-state index contributed by atoms with van der Waals surface area (Å²) < 4.78 is 16.8. The summed E-state index contributed by atoms with van der Waals surface area (Å²) in [7, 11) is -2.82. The number of fused-ring (bicyclic) bond motifs is 1. The molecule has 0 unspecified atom stereocenters.